The molecule has 1 aromatic carbocycles. The van der Waals surface area contributed by atoms with E-state index >= 15 is 0 Å². The minimum atomic E-state index is 0.738. The molecule has 0 amide bonds. The summed E-state index contributed by atoms with van der Waals surface area (Å²) in [5.41, 5.74) is 1.66. The first-order chi connectivity index (χ1) is 9.28. The summed E-state index contributed by atoms with van der Waals surface area (Å²) in [6.07, 6.45) is 3.07. The van der Waals surface area contributed by atoms with Crippen LogP contribution in [-0.4, -0.2) is 6.26 Å². The minimum absolute atomic E-state index is 0.738. The molecular formula is C15H16N2S2. The summed E-state index contributed by atoms with van der Waals surface area (Å²) in [4.78, 5) is 3.72. The van der Waals surface area contributed by atoms with Gasteiger partial charge in [0.15, 0.2) is 0 Å². The maximum atomic E-state index is 9.27. The molecule has 0 aliphatic heterocycles. The van der Waals surface area contributed by atoms with E-state index in [1.165, 1.54) is 9.75 Å². The molecule has 1 aromatic heterocycles. The van der Waals surface area contributed by atoms with Crippen molar-refractivity contribution in [2.45, 2.75) is 24.8 Å². The van der Waals surface area contributed by atoms with Crippen molar-refractivity contribution in [3.05, 3.63) is 45.6 Å². The lowest BCUT2D eigenvalue weighted by Crippen LogP contribution is -2.00. The molecule has 0 spiro atoms. The molecule has 1 heterocycles. The van der Waals surface area contributed by atoms with E-state index in [-0.39, 0.29) is 0 Å². The zero-order valence-corrected chi connectivity index (χ0v) is 12.7. The van der Waals surface area contributed by atoms with E-state index in [1.807, 2.05) is 35.8 Å². The van der Waals surface area contributed by atoms with E-state index in [0.717, 1.165) is 29.1 Å². The Kier molecular flexibility index (Phi) is 4.89. The Morgan fingerprint density at radius 3 is 2.68 bits per heavy atom. The molecule has 0 aliphatic rings. The zero-order valence-electron chi connectivity index (χ0n) is 11.1. The minimum Gasteiger partial charge on any atom is -0.379 e. The van der Waals surface area contributed by atoms with Crippen molar-refractivity contribution in [2.75, 3.05) is 11.6 Å². The Morgan fingerprint density at radius 1 is 1.26 bits per heavy atom. The number of nitrogens with zero attached hydrogens (tertiary/aromatic N) is 1. The second kappa shape index (κ2) is 6.65. The summed E-state index contributed by atoms with van der Waals surface area (Å²) in [5.74, 6) is 0. The van der Waals surface area contributed by atoms with Gasteiger partial charge >= 0.3 is 0 Å². The molecule has 0 saturated heterocycles. The molecule has 2 nitrogen and oxygen atoms in total. The highest BCUT2D eigenvalue weighted by Gasteiger charge is 2.07. The fraction of sp³-hybridized carbons (Fsp3) is 0.267. The number of anilines is 1. The Balaban J connectivity index is 2.13. The molecule has 0 unspecified atom stereocenters. The molecule has 98 valence electrons. The number of hydrogen-bond acceptors (Lipinski definition) is 4. The summed E-state index contributed by atoms with van der Waals surface area (Å²) >= 11 is 3.43. The Hall–Kier alpha value is -1.44. The monoisotopic (exact) mass is 288 g/mol. The number of rotatable bonds is 5. The molecule has 19 heavy (non-hydrogen) atoms. The fourth-order valence-corrected chi connectivity index (χ4v) is 3.33. The van der Waals surface area contributed by atoms with Gasteiger partial charge in [0.1, 0.15) is 6.07 Å². The normalized spacial score (nSPS) is 10.2. The van der Waals surface area contributed by atoms with E-state index in [2.05, 4.69) is 30.4 Å². The van der Waals surface area contributed by atoms with Gasteiger partial charge in [0, 0.05) is 21.2 Å². The quantitative estimate of drug-likeness (QED) is 0.822. The molecule has 0 saturated carbocycles. The highest BCUT2D eigenvalue weighted by molar-refractivity contribution is 7.98. The average Bonchev–Trinajstić information content (AvgIpc) is 2.92. The Bertz CT molecular complexity index is 596. The van der Waals surface area contributed by atoms with E-state index in [0.29, 0.717) is 0 Å². The third-order valence-electron chi connectivity index (χ3n) is 2.88. The molecule has 0 atom stereocenters. The van der Waals surface area contributed by atoms with Gasteiger partial charge in [-0.2, -0.15) is 5.26 Å². The molecule has 4 heteroatoms. The van der Waals surface area contributed by atoms with Crippen molar-refractivity contribution in [3.63, 3.8) is 0 Å². The first kappa shape index (κ1) is 14.0. The molecule has 0 bridgehead atoms. The van der Waals surface area contributed by atoms with Gasteiger partial charge in [-0.15, -0.1) is 23.1 Å². The number of nitrogens with one attached hydrogen (secondary N) is 1. The van der Waals surface area contributed by atoms with Gasteiger partial charge in [-0.3, -0.25) is 0 Å². The summed E-state index contributed by atoms with van der Waals surface area (Å²) in [6, 6.07) is 12.5. The van der Waals surface area contributed by atoms with Crippen molar-refractivity contribution in [1.82, 2.24) is 0 Å². The largest absolute Gasteiger partial charge is 0.379 e. The Labute approximate surface area is 122 Å². The highest BCUT2D eigenvalue weighted by Crippen LogP contribution is 2.27. The second-order valence-electron chi connectivity index (χ2n) is 4.07. The SMILES string of the molecule is CCc1ccc(CNc2cccc(SC)c2C#N)s1. The van der Waals surface area contributed by atoms with Crippen molar-refractivity contribution < 1.29 is 0 Å². The topological polar surface area (TPSA) is 35.8 Å². The highest BCUT2D eigenvalue weighted by atomic mass is 32.2. The summed E-state index contributed by atoms with van der Waals surface area (Å²) in [7, 11) is 0. The first-order valence-electron chi connectivity index (χ1n) is 6.17. The lowest BCUT2D eigenvalue weighted by molar-refractivity contribution is 1.18. The predicted octanol–water partition coefficient (Wildman–Crippen LogP) is 4.52. The van der Waals surface area contributed by atoms with Gasteiger partial charge in [-0.05, 0) is 36.9 Å². The maximum absolute atomic E-state index is 9.27. The van der Waals surface area contributed by atoms with Crippen LogP contribution in [0.3, 0.4) is 0 Å². The van der Waals surface area contributed by atoms with Crippen LogP contribution < -0.4 is 5.32 Å². The van der Waals surface area contributed by atoms with Gasteiger partial charge in [0.05, 0.1) is 11.3 Å². The number of hydrogen-bond donors (Lipinski definition) is 1. The van der Waals surface area contributed by atoms with Crippen molar-refractivity contribution in [1.29, 1.82) is 5.26 Å². The van der Waals surface area contributed by atoms with Gasteiger partial charge in [0.25, 0.3) is 0 Å². The smallest absolute Gasteiger partial charge is 0.102 e. The van der Waals surface area contributed by atoms with Gasteiger partial charge in [0.2, 0.25) is 0 Å². The molecule has 2 aromatic rings. The molecule has 2 rings (SSSR count). The molecule has 0 aliphatic carbocycles. The van der Waals surface area contributed by atoms with Crippen LogP contribution in [0, 0.1) is 11.3 Å². The standard InChI is InChI=1S/C15H16N2S2/c1-3-11-7-8-12(19-11)10-17-14-5-4-6-15(18-2)13(14)9-16/h4-8,17H,3,10H2,1-2H3. The molecular weight excluding hydrogens is 272 g/mol. The van der Waals surface area contributed by atoms with Crippen LogP contribution in [0.25, 0.3) is 0 Å². The van der Waals surface area contributed by atoms with Gasteiger partial charge in [-0.25, -0.2) is 0 Å². The molecule has 0 fully saturated rings. The third kappa shape index (κ3) is 3.31. The van der Waals surface area contributed by atoms with Gasteiger partial charge in [-0.1, -0.05) is 13.0 Å². The van der Waals surface area contributed by atoms with Crippen LogP contribution in [0.1, 0.15) is 22.2 Å². The van der Waals surface area contributed by atoms with Crippen molar-refractivity contribution >= 4 is 28.8 Å². The summed E-state index contributed by atoms with van der Waals surface area (Å²) in [5, 5.41) is 12.6. The maximum Gasteiger partial charge on any atom is 0.102 e. The second-order valence-corrected chi connectivity index (χ2v) is 6.17. The lowest BCUT2D eigenvalue weighted by atomic mass is 10.2. The zero-order chi connectivity index (χ0) is 13.7. The number of aryl methyl sites for hydroxylation is 1. The first-order valence-corrected chi connectivity index (χ1v) is 8.21. The number of thioether (sulfide) groups is 1. The van der Waals surface area contributed by atoms with E-state index in [4.69, 9.17) is 0 Å². The Morgan fingerprint density at radius 2 is 2.05 bits per heavy atom. The number of thiophene rings is 1. The van der Waals surface area contributed by atoms with Gasteiger partial charge < -0.3 is 5.32 Å². The number of benzene rings is 1. The van der Waals surface area contributed by atoms with E-state index in [1.54, 1.807) is 11.8 Å². The molecule has 1 N–H and O–H groups in total. The van der Waals surface area contributed by atoms with Crippen LogP contribution in [0.5, 0.6) is 0 Å². The van der Waals surface area contributed by atoms with Crippen LogP contribution in [0.2, 0.25) is 0 Å². The average molecular weight is 288 g/mol. The van der Waals surface area contributed by atoms with Crippen LogP contribution in [0.4, 0.5) is 5.69 Å². The van der Waals surface area contributed by atoms with Crippen molar-refractivity contribution in [2.24, 2.45) is 0 Å². The van der Waals surface area contributed by atoms with E-state index < -0.39 is 0 Å². The van der Waals surface area contributed by atoms with Crippen LogP contribution in [-0.2, 0) is 13.0 Å². The summed E-state index contributed by atoms with van der Waals surface area (Å²) in [6.45, 7) is 2.94. The van der Waals surface area contributed by atoms with Crippen LogP contribution in [0.15, 0.2) is 35.2 Å². The molecule has 0 radical (unpaired) electrons. The third-order valence-corrected chi connectivity index (χ3v) is 4.89. The fourth-order valence-electron chi connectivity index (χ4n) is 1.85. The van der Waals surface area contributed by atoms with Crippen LogP contribution >= 0.6 is 23.1 Å². The van der Waals surface area contributed by atoms with Crippen molar-refractivity contribution in [3.8, 4) is 6.07 Å². The lowest BCUT2D eigenvalue weighted by Gasteiger charge is -2.09. The predicted molar refractivity (Wildman–Crippen MR) is 84.0 cm³/mol. The summed E-state index contributed by atoms with van der Waals surface area (Å²) < 4.78 is 0. The van der Waals surface area contributed by atoms with E-state index in [9.17, 15) is 5.26 Å². The number of nitriles is 1.